The summed E-state index contributed by atoms with van der Waals surface area (Å²) in [7, 11) is 3.61. The van der Waals surface area contributed by atoms with Crippen LogP contribution in [0.25, 0.3) is 0 Å². The van der Waals surface area contributed by atoms with Gasteiger partial charge in [-0.2, -0.15) is 0 Å². The van der Waals surface area contributed by atoms with Gasteiger partial charge in [-0.1, -0.05) is 12.7 Å². The Morgan fingerprint density at radius 1 is 1.12 bits per heavy atom. The van der Waals surface area contributed by atoms with Crippen LogP contribution in [0.4, 0.5) is 0 Å². The predicted octanol–water partition coefficient (Wildman–Crippen LogP) is 2.25. The molecule has 0 aromatic carbocycles. The van der Waals surface area contributed by atoms with E-state index >= 15 is 0 Å². The molecule has 0 amide bonds. The van der Waals surface area contributed by atoms with Gasteiger partial charge in [-0.25, -0.2) is 0 Å². The molecule has 1 heterocycles. The number of rotatable bonds is 3. The van der Waals surface area contributed by atoms with E-state index in [1.54, 1.807) is 6.08 Å². The summed E-state index contributed by atoms with van der Waals surface area (Å²) in [4.78, 5) is 1.96. The zero-order valence-corrected chi connectivity index (χ0v) is 11.2. The predicted molar refractivity (Wildman–Crippen MR) is 68.0 cm³/mol. The second-order valence-corrected chi connectivity index (χ2v) is 5.39. The molecule has 0 radical (unpaired) electrons. The molecule has 0 bridgehead atoms. The number of allylic oxidation sites excluding steroid dienone is 2. The molecule has 1 saturated heterocycles. The molecule has 1 aliphatic rings. The van der Waals surface area contributed by atoms with Crippen LogP contribution in [0, 0.1) is 0 Å². The van der Waals surface area contributed by atoms with E-state index < -0.39 is 0 Å². The van der Waals surface area contributed by atoms with Crippen LogP contribution in [0.15, 0.2) is 24.3 Å². The van der Waals surface area contributed by atoms with Crippen molar-refractivity contribution < 1.29 is 9.31 Å². The molecule has 3 nitrogen and oxygen atoms in total. The second-order valence-electron chi connectivity index (χ2n) is 5.39. The number of hydrogen-bond acceptors (Lipinski definition) is 3. The minimum Gasteiger partial charge on any atom is -0.399 e. The van der Waals surface area contributed by atoms with Gasteiger partial charge in [-0.3, -0.25) is 0 Å². The summed E-state index contributed by atoms with van der Waals surface area (Å²) in [6, 6.07) is 0. The van der Waals surface area contributed by atoms with Crippen molar-refractivity contribution in [2.24, 2.45) is 0 Å². The average Bonchev–Trinajstić information content (AvgIpc) is 2.31. The van der Waals surface area contributed by atoms with E-state index in [1.165, 1.54) is 0 Å². The summed E-state index contributed by atoms with van der Waals surface area (Å²) < 4.78 is 11.9. The second kappa shape index (κ2) is 4.26. The van der Waals surface area contributed by atoms with Gasteiger partial charge in [0.25, 0.3) is 0 Å². The quantitative estimate of drug-likeness (QED) is 0.541. The molecule has 16 heavy (non-hydrogen) atoms. The molecule has 0 saturated carbocycles. The van der Waals surface area contributed by atoms with Crippen LogP contribution in [0.1, 0.15) is 27.7 Å². The molecule has 0 spiro atoms. The molecule has 0 aliphatic carbocycles. The minimum absolute atomic E-state index is 0.300. The molecule has 0 aromatic rings. The molecular weight excluding hydrogens is 201 g/mol. The van der Waals surface area contributed by atoms with Crippen LogP contribution in [-0.2, 0) is 9.31 Å². The maximum Gasteiger partial charge on any atom is 0.496 e. The van der Waals surface area contributed by atoms with E-state index in [9.17, 15) is 0 Å². The summed E-state index contributed by atoms with van der Waals surface area (Å²) in [5, 5.41) is 0. The Bertz CT molecular complexity index is 292. The maximum atomic E-state index is 5.93. The van der Waals surface area contributed by atoms with Crippen LogP contribution < -0.4 is 0 Å². The fourth-order valence-corrected chi connectivity index (χ4v) is 1.49. The average molecular weight is 223 g/mol. The fraction of sp³-hybridized carbons (Fsp3) is 0.667. The highest BCUT2D eigenvalue weighted by atomic mass is 16.7. The summed E-state index contributed by atoms with van der Waals surface area (Å²) in [6.45, 7) is 12.0. The van der Waals surface area contributed by atoms with Crippen molar-refractivity contribution in [2.45, 2.75) is 38.9 Å². The molecule has 1 fully saturated rings. The zero-order valence-electron chi connectivity index (χ0n) is 11.2. The van der Waals surface area contributed by atoms with Gasteiger partial charge in [0, 0.05) is 14.1 Å². The normalized spacial score (nSPS) is 23.4. The van der Waals surface area contributed by atoms with Crippen LogP contribution in [0.3, 0.4) is 0 Å². The molecule has 0 N–H and O–H groups in total. The van der Waals surface area contributed by atoms with Gasteiger partial charge < -0.3 is 14.2 Å². The molecule has 90 valence electrons. The first kappa shape index (κ1) is 13.3. The first-order valence-electron chi connectivity index (χ1n) is 5.56. The Balaban J connectivity index is 2.90. The largest absolute Gasteiger partial charge is 0.496 e. The lowest BCUT2D eigenvalue weighted by Crippen LogP contribution is -2.41. The highest BCUT2D eigenvalue weighted by molar-refractivity contribution is 6.55. The van der Waals surface area contributed by atoms with Gasteiger partial charge in [0.15, 0.2) is 0 Å². The van der Waals surface area contributed by atoms with Crippen molar-refractivity contribution in [2.75, 3.05) is 14.1 Å². The lowest BCUT2D eigenvalue weighted by molar-refractivity contribution is 0.00578. The van der Waals surface area contributed by atoms with Crippen molar-refractivity contribution in [1.82, 2.24) is 4.90 Å². The van der Waals surface area contributed by atoms with Crippen LogP contribution >= 0.6 is 0 Å². The topological polar surface area (TPSA) is 21.7 Å². The van der Waals surface area contributed by atoms with E-state index in [2.05, 4.69) is 6.58 Å². The van der Waals surface area contributed by atoms with Gasteiger partial charge in [0.05, 0.1) is 11.2 Å². The van der Waals surface area contributed by atoms with E-state index in [0.29, 0.717) is 0 Å². The SMILES string of the molecule is C=C/C(=C\N(C)C)B1OC(C)(C)C(C)(C)O1. The Kier molecular flexibility index (Phi) is 3.55. The maximum absolute atomic E-state index is 5.93. The molecule has 4 heteroatoms. The highest BCUT2D eigenvalue weighted by Crippen LogP contribution is 2.38. The van der Waals surface area contributed by atoms with Gasteiger partial charge in [0.1, 0.15) is 0 Å². The molecule has 0 atom stereocenters. The number of nitrogens with zero attached hydrogens (tertiary/aromatic N) is 1. The van der Waals surface area contributed by atoms with Crippen molar-refractivity contribution in [1.29, 1.82) is 0 Å². The Hall–Kier alpha value is -0.735. The minimum atomic E-state index is -0.329. The molecule has 1 rings (SSSR count). The van der Waals surface area contributed by atoms with Gasteiger partial charge in [-0.15, -0.1) is 0 Å². The van der Waals surface area contributed by atoms with E-state index in [1.807, 2.05) is 52.9 Å². The lowest BCUT2D eigenvalue weighted by atomic mass is 9.79. The first-order chi connectivity index (χ1) is 7.19. The first-order valence-corrected chi connectivity index (χ1v) is 5.56. The van der Waals surface area contributed by atoms with Crippen LogP contribution in [-0.4, -0.2) is 37.3 Å². The van der Waals surface area contributed by atoms with Gasteiger partial charge >= 0.3 is 7.12 Å². The monoisotopic (exact) mass is 223 g/mol. The molecule has 0 aromatic heterocycles. The molecule has 1 aliphatic heterocycles. The third-order valence-electron chi connectivity index (χ3n) is 3.17. The Labute approximate surface area is 99.2 Å². The fourth-order valence-electron chi connectivity index (χ4n) is 1.49. The third kappa shape index (κ3) is 2.50. The smallest absolute Gasteiger partial charge is 0.399 e. The van der Waals surface area contributed by atoms with Crippen molar-refractivity contribution in [3.05, 3.63) is 24.3 Å². The highest BCUT2D eigenvalue weighted by Gasteiger charge is 2.51. The molecular formula is C12H22BNO2. The van der Waals surface area contributed by atoms with Crippen molar-refractivity contribution in [3.8, 4) is 0 Å². The van der Waals surface area contributed by atoms with E-state index in [4.69, 9.17) is 9.31 Å². The van der Waals surface area contributed by atoms with Crippen LogP contribution in [0.5, 0.6) is 0 Å². The van der Waals surface area contributed by atoms with Crippen molar-refractivity contribution >= 4 is 7.12 Å². The number of hydrogen-bond donors (Lipinski definition) is 0. The third-order valence-corrected chi connectivity index (χ3v) is 3.17. The summed E-state index contributed by atoms with van der Waals surface area (Å²) in [6.07, 6.45) is 3.75. The zero-order chi connectivity index (χ0) is 12.6. The summed E-state index contributed by atoms with van der Waals surface area (Å²) >= 11 is 0. The molecule has 0 unspecified atom stereocenters. The Morgan fingerprint density at radius 3 is 1.88 bits per heavy atom. The van der Waals surface area contributed by atoms with E-state index in [0.717, 1.165) is 5.47 Å². The van der Waals surface area contributed by atoms with Gasteiger partial charge in [0.2, 0.25) is 0 Å². The van der Waals surface area contributed by atoms with Gasteiger partial charge in [-0.05, 0) is 39.4 Å². The lowest BCUT2D eigenvalue weighted by Gasteiger charge is -2.32. The van der Waals surface area contributed by atoms with Crippen molar-refractivity contribution in [3.63, 3.8) is 0 Å². The Morgan fingerprint density at radius 2 is 1.56 bits per heavy atom. The summed E-state index contributed by atoms with van der Waals surface area (Å²) in [5.41, 5.74) is 0.349. The van der Waals surface area contributed by atoms with E-state index in [-0.39, 0.29) is 18.3 Å². The van der Waals surface area contributed by atoms with Crippen LogP contribution in [0.2, 0.25) is 0 Å². The summed E-state index contributed by atoms with van der Waals surface area (Å²) in [5.74, 6) is 0. The standard InChI is InChI=1S/C12H22BNO2/c1-8-10(9-14(6)7)13-15-11(2,3)12(4,5)16-13/h8-9H,1H2,2-7H3/b10-9+.